The summed E-state index contributed by atoms with van der Waals surface area (Å²) in [6.07, 6.45) is 0. The summed E-state index contributed by atoms with van der Waals surface area (Å²) in [7, 11) is 2.31. The van der Waals surface area contributed by atoms with Crippen LogP contribution in [0.3, 0.4) is 0 Å². The number of carboxylic acid groups (broad SMARTS) is 2. The summed E-state index contributed by atoms with van der Waals surface area (Å²) < 4.78 is 0. The van der Waals surface area contributed by atoms with Crippen molar-refractivity contribution in [2.45, 2.75) is 19.0 Å². The molecule has 0 rings (SSSR count). The van der Waals surface area contributed by atoms with Gasteiger partial charge in [-0.25, -0.2) is 4.79 Å². The molecule has 0 aliphatic carbocycles. The minimum absolute atomic E-state index is 0. The summed E-state index contributed by atoms with van der Waals surface area (Å²) in [6.45, 7) is 1.23. The number of carboxylic acids is 2. The number of nitrogens with two attached hydrogens (primary N) is 1. The molecule has 0 spiro atoms. The van der Waals surface area contributed by atoms with Crippen LogP contribution in [0.15, 0.2) is 0 Å². The van der Waals surface area contributed by atoms with Crippen LogP contribution in [0.4, 0.5) is 0 Å². The van der Waals surface area contributed by atoms with Gasteiger partial charge in [-0.3, -0.25) is 9.59 Å². The summed E-state index contributed by atoms with van der Waals surface area (Å²) in [5.41, 5.74) is 5.25. The van der Waals surface area contributed by atoms with Gasteiger partial charge in [0.2, 0.25) is 5.91 Å². The largest absolute Gasteiger partial charge is 0.480 e. The van der Waals surface area contributed by atoms with Crippen molar-refractivity contribution in [2.24, 2.45) is 5.73 Å². The van der Waals surface area contributed by atoms with Gasteiger partial charge in [-0.05, 0) is 0 Å². The van der Waals surface area contributed by atoms with Crippen molar-refractivity contribution in [3.8, 4) is 0 Å². The minimum Gasteiger partial charge on any atom is -0.480 e. The first-order valence-corrected chi connectivity index (χ1v) is 7.06. The number of hydrogen-bond donors (Lipinski definition) is 4. The molecular formula is C8H14CuN2O5S2. The molecule has 0 saturated heterocycles. The van der Waals surface area contributed by atoms with Crippen LogP contribution in [0.25, 0.3) is 0 Å². The average molecular weight is 346 g/mol. The van der Waals surface area contributed by atoms with Crippen molar-refractivity contribution in [1.82, 2.24) is 5.32 Å². The van der Waals surface area contributed by atoms with Crippen molar-refractivity contribution < 1.29 is 41.7 Å². The fourth-order valence-corrected chi connectivity index (χ4v) is 3.00. The average Bonchev–Trinajstić information content (AvgIpc) is 2.21. The molecule has 0 saturated carbocycles. The van der Waals surface area contributed by atoms with Gasteiger partial charge in [-0.2, -0.15) is 0 Å². The third-order valence-electron chi connectivity index (χ3n) is 1.56. The number of amides is 1. The molecule has 1 amide bonds. The Balaban J connectivity index is 0. The normalized spacial score (nSPS) is 13.0. The molecule has 1 radical (unpaired) electrons. The third-order valence-corrected chi connectivity index (χ3v) is 4.01. The monoisotopic (exact) mass is 345 g/mol. The maximum absolute atomic E-state index is 10.7. The van der Waals surface area contributed by atoms with E-state index in [-0.39, 0.29) is 28.6 Å². The van der Waals surface area contributed by atoms with Gasteiger partial charge in [-0.1, -0.05) is 21.6 Å². The topological polar surface area (TPSA) is 130 Å². The first kappa shape index (κ1) is 19.9. The first-order chi connectivity index (χ1) is 7.84. The molecule has 0 heterocycles. The van der Waals surface area contributed by atoms with Crippen LogP contribution in [0.5, 0.6) is 0 Å². The number of aliphatic carboxylic acids is 2. The van der Waals surface area contributed by atoms with E-state index in [1.165, 1.54) is 6.92 Å². The predicted octanol–water partition coefficient (Wildman–Crippen LogP) is -0.633. The second-order valence-corrected chi connectivity index (χ2v) is 5.66. The predicted molar refractivity (Wildman–Crippen MR) is 65.8 cm³/mol. The van der Waals surface area contributed by atoms with Gasteiger partial charge in [0.25, 0.3) is 0 Å². The third kappa shape index (κ3) is 9.60. The molecule has 109 valence electrons. The number of carbonyl (C=O) groups excluding carboxylic acids is 1. The van der Waals surface area contributed by atoms with Crippen molar-refractivity contribution in [2.75, 3.05) is 11.5 Å². The van der Waals surface area contributed by atoms with E-state index >= 15 is 0 Å². The van der Waals surface area contributed by atoms with E-state index < -0.39 is 29.9 Å². The summed E-state index contributed by atoms with van der Waals surface area (Å²) >= 11 is 0. The fourth-order valence-electron chi connectivity index (χ4n) is 0.729. The van der Waals surface area contributed by atoms with Crippen LogP contribution in [0, 0.1) is 0 Å². The van der Waals surface area contributed by atoms with Crippen LogP contribution in [0.1, 0.15) is 6.92 Å². The molecule has 7 nitrogen and oxygen atoms in total. The van der Waals surface area contributed by atoms with Crippen molar-refractivity contribution in [1.29, 1.82) is 0 Å². The van der Waals surface area contributed by atoms with Gasteiger partial charge in [0, 0.05) is 35.5 Å². The number of rotatable bonds is 8. The maximum atomic E-state index is 10.7. The molecule has 0 aliphatic heterocycles. The Kier molecular flexibility index (Phi) is 11.6. The van der Waals surface area contributed by atoms with E-state index in [0.717, 1.165) is 21.6 Å². The van der Waals surface area contributed by atoms with Gasteiger partial charge < -0.3 is 21.3 Å². The quantitative estimate of drug-likeness (QED) is 0.260. The van der Waals surface area contributed by atoms with Gasteiger partial charge in [0.1, 0.15) is 12.1 Å². The van der Waals surface area contributed by atoms with Crippen LogP contribution < -0.4 is 11.1 Å². The Morgan fingerprint density at radius 1 is 1.17 bits per heavy atom. The van der Waals surface area contributed by atoms with Crippen LogP contribution >= 0.6 is 21.6 Å². The summed E-state index contributed by atoms with van der Waals surface area (Å²) in [5, 5.41) is 19.5. The van der Waals surface area contributed by atoms with Crippen LogP contribution in [0.2, 0.25) is 0 Å². The van der Waals surface area contributed by atoms with Gasteiger partial charge in [0.05, 0.1) is 0 Å². The van der Waals surface area contributed by atoms with E-state index in [0.29, 0.717) is 0 Å². The van der Waals surface area contributed by atoms with E-state index in [9.17, 15) is 14.4 Å². The molecule has 5 N–H and O–H groups in total. The van der Waals surface area contributed by atoms with E-state index in [1.54, 1.807) is 0 Å². The van der Waals surface area contributed by atoms with E-state index in [4.69, 9.17) is 15.9 Å². The molecule has 0 unspecified atom stereocenters. The summed E-state index contributed by atoms with van der Waals surface area (Å²) in [6, 6.07) is -1.96. The van der Waals surface area contributed by atoms with Crippen molar-refractivity contribution >= 4 is 39.4 Å². The van der Waals surface area contributed by atoms with E-state index in [2.05, 4.69) is 5.32 Å². The number of hydrogen-bond acceptors (Lipinski definition) is 6. The second-order valence-electron chi connectivity index (χ2n) is 3.11. The van der Waals surface area contributed by atoms with Gasteiger partial charge in [0.15, 0.2) is 0 Å². The van der Waals surface area contributed by atoms with Gasteiger partial charge >= 0.3 is 11.9 Å². The zero-order valence-electron chi connectivity index (χ0n) is 9.38. The smallest absolute Gasteiger partial charge is 0.327 e. The minimum atomic E-state index is -1.13. The molecular weight excluding hydrogens is 332 g/mol. The van der Waals surface area contributed by atoms with E-state index in [1.807, 2.05) is 0 Å². The molecule has 18 heavy (non-hydrogen) atoms. The zero-order valence-corrected chi connectivity index (χ0v) is 12.0. The Morgan fingerprint density at radius 3 is 2.06 bits per heavy atom. The SMILES string of the molecule is CC(=O)N[C@@H](CSSC[C@H](N)C(=O)O)C(=O)O.[Cu]. The number of carbonyl (C=O) groups is 3. The first-order valence-electron chi connectivity index (χ1n) is 4.57. The molecule has 10 heteroatoms. The molecule has 0 aliphatic rings. The molecule has 0 aromatic carbocycles. The second kappa shape index (κ2) is 10.5. The van der Waals surface area contributed by atoms with Gasteiger partial charge in [-0.15, -0.1) is 0 Å². The molecule has 0 fully saturated rings. The Bertz CT molecular complexity index is 305. The molecule has 0 aromatic heterocycles. The standard InChI is InChI=1S/C8H14N2O5S2.Cu/c1-4(11)10-6(8(14)15)3-17-16-2-5(9)7(12)13;/h5-6H,2-3,9H2,1H3,(H,10,11)(H,12,13)(H,14,15);/t5-,6-;/m0./s1. The van der Waals surface area contributed by atoms with Crippen LogP contribution in [-0.2, 0) is 31.5 Å². The Morgan fingerprint density at radius 2 is 1.67 bits per heavy atom. The van der Waals surface area contributed by atoms with Crippen molar-refractivity contribution in [3.05, 3.63) is 0 Å². The summed E-state index contributed by atoms with van der Waals surface area (Å²) in [5.74, 6) is -2.34. The zero-order chi connectivity index (χ0) is 13.4. The fraction of sp³-hybridized carbons (Fsp3) is 0.625. The summed E-state index contributed by atoms with van der Waals surface area (Å²) in [4.78, 5) is 31.8. The van der Waals surface area contributed by atoms with Crippen LogP contribution in [-0.4, -0.2) is 51.6 Å². The van der Waals surface area contributed by atoms with Crippen molar-refractivity contribution in [3.63, 3.8) is 0 Å². The maximum Gasteiger partial charge on any atom is 0.327 e. The molecule has 2 atom stereocenters. The Hall–Kier alpha value is -0.411. The molecule has 0 aromatic rings. The molecule has 0 bridgehead atoms. The Labute approximate surface area is 122 Å². The number of nitrogens with one attached hydrogen (secondary N) is 1.